The standard InChI is InChI=1S/C23H26N4O3S2/c1-15(18-6-5-13-31-18)24-21(29)16-7-9-17(10-8-16)25-20(28)14-19-22(30)26-23(32-19)27-11-3-2-4-12-27/h5-10,13,15,19H,2-4,11-12,14H2,1H3,(H,24,29)(H,25,28)/t15-,19-/m0/s1. The molecule has 0 saturated carbocycles. The molecule has 1 aromatic heterocycles. The van der Waals surface area contributed by atoms with E-state index in [4.69, 9.17) is 0 Å². The molecule has 3 amide bonds. The molecular weight excluding hydrogens is 444 g/mol. The fourth-order valence-electron chi connectivity index (χ4n) is 3.70. The van der Waals surface area contributed by atoms with Crippen LogP contribution in [0.3, 0.4) is 0 Å². The van der Waals surface area contributed by atoms with Crippen LogP contribution in [-0.2, 0) is 9.59 Å². The van der Waals surface area contributed by atoms with Crippen LogP contribution in [0.1, 0.15) is 53.9 Å². The Morgan fingerprint density at radius 1 is 1.16 bits per heavy atom. The van der Waals surface area contributed by atoms with Crippen molar-refractivity contribution in [3.05, 3.63) is 52.2 Å². The van der Waals surface area contributed by atoms with Gasteiger partial charge in [0, 0.05) is 35.6 Å². The van der Waals surface area contributed by atoms with Crippen LogP contribution in [-0.4, -0.2) is 46.1 Å². The average Bonchev–Trinajstić information content (AvgIpc) is 3.45. The number of thioether (sulfide) groups is 1. The zero-order chi connectivity index (χ0) is 22.5. The van der Waals surface area contributed by atoms with Gasteiger partial charge in [0.15, 0.2) is 5.17 Å². The molecule has 0 bridgehead atoms. The molecule has 9 heteroatoms. The number of amides is 3. The number of hydrogen-bond acceptors (Lipinski definition) is 6. The summed E-state index contributed by atoms with van der Waals surface area (Å²) in [6.07, 6.45) is 3.51. The first kappa shape index (κ1) is 22.5. The van der Waals surface area contributed by atoms with Gasteiger partial charge in [-0.2, -0.15) is 4.99 Å². The summed E-state index contributed by atoms with van der Waals surface area (Å²) in [6.45, 7) is 3.79. The van der Waals surface area contributed by atoms with Gasteiger partial charge < -0.3 is 15.5 Å². The second-order valence-corrected chi connectivity index (χ2v) is 10.1. The summed E-state index contributed by atoms with van der Waals surface area (Å²) >= 11 is 2.99. The fraction of sp³-hybridized carbons (Fsp3) is 0.391. The van der Waals surface area contributed by atoms with E-state index >= 15 is 0 Å². The van der Waals surface area contributed by atoms with Crippen LogP contribution in [0.25, 0.3) is 0 Å². The van der Waals surface area contributed by atoms with Crippen LogP contribution in [0.4, 0.5) is 5.69 Å². The third-order valence-electron chi connectivity index (χ3n) is 5.47. The van der Waals surface area contributed by atoms with Crippen LogP contribution in [0, 0.1) is 0 Å². The Kier molecular flexibility index (Phi) is 7.26. The largest absolute Gasteiger partial charge is 0.351 e. The highest BCUT2D eigenvalue weighted by Gasteiger charge is 2.33. The molecule has 2 aliphatic heterocycles. The summed E-state index contributed by atoms with van der Waals surface area (Å²) in [5.74, 6) is -0.647. The Balaban J connectivity index is 1.27. The number of benzene rings is 1. The molecule has 0 aliphatic carbocycles. The molecule has 0 spiro atoms. The number of likely N-dealkylation sites (tertiary alicyclic amines) is 1. The van der Waals surface area contributed by atoms with Gasteiger partial charge >= 0.3 is 0 Å². The topological polar surface area (TPSA) is 90.9 Å². The van der Waals surface area contributed by atoms with E-state index in [2.05, 4.69) is 20.5 Å². The van der Waals surface area contributed by atoms with Crippen molar-refractivity contribution in [3.63, 3.8) is 0 Å². The Morgan fingerprint density at radius 2 is 1.91 bits per heavy atom. The van der Waals surface area contributed by atoms with Crippen LogP contribution in [0.2, 0.25) is 0 Å². The number of nitrogens with zero attached hydrogens (tertiary/aromatic N) is 2. The number of piperidine rings is 1. The molecule has 2 aromatic rings. The van der Waals surface area contributed by atoms with Gasteiger partial charge in [-0.05, 0) is 61.9 Å². The summed E-state index contributed by atoms with van der Waals surface area (Å²) in [7, 11) is 0. The number of hydrogen-bond donors (Lipinski definition) is 2. The van der Waals surface area contributed by atoms with Crippen molar-refractivity contribution in [2.75, 3.05) is 18.4 Å². The lowest BCUT2D eigenvalue weighted by atomic mass is 10.1. The van der Waals surface area contributed by atoms with E-state index in [1.165, 1.54) is 18.2 Å². The number of thiophene rings is 1. The van der Waals surface area contributed by atoms with Gasteiger partial charge in [-0.3, -0.25) is 14.4 Å². The van der Waals surface area contributed by atoms with Gasteiger partial charge in [0.1, 0.15) is 5.25 Å². The maximum Gasteiger partial charge on any atom is 0.262 e. The first-order valence-electron chi connectivity index (χ1n) is 10.8. The van der Waals surface area contributed by atoms with Crippen LogP contribution >= 0.6 is 23.1 Å². The monoisotopic (exact) mass is 470 g/mol. The maximum atomic E-state index is 12.5. The normalized spacial score (nSPS) is 19.4. The van der Waals surface area contributed by atoms with Gasteiger partial charge in [0.25, 0.3) is 11.8 Å². The van der Waals surface area contributed by atoms with E-state index in [1.807, 2.05) is 24.4 Å². The minimum absolute atomic E-state index is 0.0691. The highest BCUT2D eigenvalue weighted by Crippen LogP contribution is 2.29. The lowest BCUT2D eigenvalue weighted by Gasteiger charge is -2.27. The molecule has 0 radical (unpaired) electrons. The molecule has 168 valence electrons. The SMILES string of the molecule is C[C@H](NC(=O)c1ccc(NC(=O)C[C@@H]2SC(N3CCCCC3)=NC2=O)cc1)c1cccs1. The molecule has 4 rings (SSSR count). The van der Waals surface area contributed by atoms with E-state index in [0.717, 1.165) is 36.0 Å². The first-order chi connectivity index (χ1) is 15.5. The van der Waals surface area contributed by atoms with Crippen molar-refractivity contribution in [3.8, 4) is 0 Å². The molecule has 32 heavy (non-hydrogen) atoms. The van der Waals surface area contributed by atoms with Crippen molar-refractivity contribution >= 4 is 51.7 Å². The number of carbonyl (C=O) groups excluding carboxylic acids is 3. The first-order valence-corrected chi connectivity index (χ1v) is 12.5. The number of carbonyl (C=O) groups is 3. The van der Waals surface area contributed by atoms with E-state index in [-0.39, 0.29) is 30.2 Å². The number of aliphatic imine (C=N–C) groups is 1. The number of rotatable bonds is 6. The van der Waals surface area contributed by atoms with Crippen molar-refractivity contribution < 1.29 is 14.4 Å². The molecule has 2 N–H and O–H groups in total. The predicted octanol–water partition coefficient (Wildman–Crippen LogP) is 4.05. The second kappa shape index (κ2) is 10.3. The number of nitrogens with one attached hydrogen (secondary N) is 2. The van der Waals surface area contributed by atoms with Crippen molar-refractivity contribution in [1.29, 1.82) is 0 Å². The third kappa shape index (κ3) is 5.58. The quantitative estimate of drug-likeness (QED) is 0.665. The zero-order valence-corrected chi connectivity index (χ0v) is 19.5. The summed E-state index contributed by atoms with van der Waals surface area (Å²) in [4.78, 5) is 44.6. The smallest absolute Gasteiger partial charge is 0.262 e. The lowest BCUT2D eigenvalue weighted by Crippen LogP contribution is -2.33. The van der Waals surface area contributed by atoms with Crippen LogP contribution in [0.5, 0.6) is 0 Å². The Labute approximate surface area is 195 Å². The van der Waals surface area contributed by atoms with E-state index in [1.54, 1.807) is 35.6 Å². The van der Waals surface area contributed by atoms with Gasteiger partial charge in [0.05, 0.1) is 6.04 Å². The van der Waals surface area contributed by atoms with E-state index in [9.17, 15) is 14.4 Å². The molecule has 2 atom stereocenters. The third-order valence-corrected chi connectivity index (χ3v) is 7.74. The Morgan fingerprint density at radius 3 is 2.59 bits per heavy atom. The van der Waals surface area contributed by atoms with Crippen molar-refractivity contribution in [2.24, 2.45) is 4.99 Å². The molecule has 3 heterocycles. The van der Waals surface area contributed by atoms with Gasteiger partial charge in [-0.1, -0.05) is 17.8 Å². The highest BCUT2D eigenvalue weighted by molar-refractivity contribution is 8.15. The maximum absolute atomic E-state index is 12.5. The van der Waals surface area contributed by atoms with Crippen LogP contribution in [0.15, 0.2) is 46.8 Å². The molecule has 7 nitrogen and oxygen atoms in total. The predicted molar refractivity (Wildman–Crippen MR) is 129 cm³/mol. The molecule has 0 unspecified atom stereocenters. The minimum Gasteiger partial charge on any atom is -0.351 e. The van der Waals surface area contributed by atoms with Crippen LogP contribution < -0.4 is 10.6 Å². The minimum atomic E-state index is -0.476. The van der Waals surface area contributed by atoms with E-state index in [0.29, 0.717) is 11.3 Å². The van der Waals surface area contributed by atoms with Crippen molar-refractivity contribution in [2.45, 2.75) is 43.9 Å². The van der Waals surface area contributed by atoms with Gasteiger partial charge in [-0.25, -0.2) is 0 Å². The average molecular weight is 471 g/mol. The Hall–Kier alpha value is -2.65. The zero-order valence-electron chi connectivity index (χ0n) is 17.9. The molecule has 2 aliphatic rings. The summed E-state index contributed by atoms with van der Waals surface area (Å²) in [6, 6.07) is 10.6. The summed E-state index contributed by atoms with van der Waals surface area (Å²) < 4.78 is 0. The van der Waals surface area contributed by atoms with Gasteiger partial charge in [0.2, 0.25) is 5.91 Å². The Bertz CT molecular complexity index is 999. The number of amidine groups is 1. The lowest BCUT2D eigenvalue weighted by molar-refractivity contribution is -0.121. The molecule has 1 aromatic carbocycles. The molecule has 1 fully saturated rings. The second-order valence-electron chi connectivity index (χ2n) is 7.93. The molecule has 1 saturated heterocycles. The summed E-state index contributed by atoms with van der Waals surface area (Å²) in [5.41, 5.74) is 1.11. The number of anilines is 1. The van der Waals surface area contributed by atoms with Crippen molar-refractivity contribution in [1.82, 2.24) is 10.2 Å². The molecular formula is C23H26N4O3S2. The van der Waals surface area contributed by atoms with Gasteiger partial charge in [-0.15, -0.1) is 11.3 Å². The summed E-state index contributed by atoms with van der Waals surface area (Å²) in [5, 5.41) is 8.04. The van der Waals surface area contributed by atoms with E-state index < -0.39 is 5.25 Å². The highest BCUT2D eigenvalue weighted by atomic mass is 32.2. The fourth-order valence-corrected chi connectivity index (χ4v) is 5.56.